The number of carbonyl (C=O) groups excluding carboxylic acids is 7. The third-order valence-electron chi connectivity index (χ3n) is 13.3. The molecule has 0 spiro atoms. The van der Waals surface area contributed by atoms with Crippen LogP contribution in [0.25, 0.3) is 0 Å². The molecule has 0 bridgehead atoms. The largest absolute Gasteiger partial charge is 0.510 e. The number of hydrogen-bond donors (Lipinski definition) is 8. The Bertz CT molecular complexity index is 2680. The number of allylic oxidation sites excluding steroid dienone is 2. The Morgan fingerprint density at radius 3 is 1.33 bits per heavy atom. The minimum Gasteiger partial charge on any atom is -0.510 e. The molecule has 0 saturated heterocycles. The molecule has 18 nitrogen and oxygen atoms in total. The highest BCUT2D eigenvalue weighted by Crippen LogP contribution is 2.47. The molecule has 0 unspecified atom stereocenters. The maximum absolute atomic E-state index is 13.7. The summed E-state index contributed by atoms with van der Waals surface area (Å²) in [7, 11) is 6.46. The van der Waals surface area contributed by atoms with Crippen molar-refractivity contribution >= 4 is 46.6 Å². The first kappa shape index (κ1) is 53.4. The summed E-state index contributed by atoms with van der Waals surface area (Å²) in [5, 5.41) is 77.9. The van der Waals surface area contributed by atoms with E-state index in [0.29, 0.717) is 11.1 Å². The lowest BCUT2D eigenvalue weighted by Crippen LogP contribution is -2.50. The fourth-order valence-corrected chi connectivity index (χ4v) is 10.2. The van der Waals surface area contributed by atoms with Gasteiger partial charge in [0.05, 0.1) is 52.1 Å². The number of benzene rings is 2. The van der Waals surface area contributed by atoms with Crippen molar-refractivity contribution in [2.75, 3.05) is 34.7 Å². The highest BCUT2D eigenvalue weighted by molar-refractivity contribution is 6.29. The van der Waals surface area contributed by atoms with Crippen LogP contribution >= 0.6 is 0 Å². The molecule has 0 radical (unpaired) electrons. The number of likely N-dealkylation sites (N-methyl/N-ethyl adjacent to an activating group) is 2. The third kappa shape index (κ3) is 9.97. The monoisotopic (exact) mass is 955 g/mol. The highest BCUT2D eigenvalue weighted by Gasteiger charge is 2.49. The van der Waals surface area contributed by atoms with Gasteiger partial charge in [-0.25, -0.2) is 4.79 Å². The average molecular weight is 956 g/mol. The predicted molar refractivity (Wildman–Crippen MR) is 250 cm³/mol. The van der Waals surface area contributed by atoms with Crippen LogP contribution in [0.2, 0.25) is 0 Å². The summed E-state index contributed by atoms with van der Waals surface area (Å²) < 4.78 is 0. The number of Topliss-reactive ketones (excluding diaryl/α,β-unsaturated/α-hetero) is 6. The molecule has 370 valence electrons. The van der Waals surface area contributed by atoms with Crippen molar-refractivity contribution in [2.24, 2.45) is 17.3 Å². The molecule has 0 saturated carbocycles. The molecule has 6 rings (SSSR count). The van der Waals surface area contributed by atoms with Crippen molar-refractivity contribution in [3.8, 4) is 11.5 Å². The average Bonchev–Trinajstić information content (AvgIpc) is 3.23. The molecular formula is C51H61N3O15. The summed E-state index contributed by atoms with van der Waals surface area (Å²) in [6.07, 6.45) is -3.68. The van der Waals surface area contributed by atoms with Gasteiger partial charge in [-0.05, 0) is 81.9 Å². The maximum atomic E-state index is 13.7. The van der Waals surface area contributed by atoms with Crippen LogP contribution in [0.5, 0.6) is 11.5 Å². The molecule has 4 aliphatic rings. The van der Waals surface area contributed by atoms with E-state index in [-0.39, 0.29) is 75.3 Å². The topological polar surface area (TPSA) is 297 Å². The number of carboxylic acids is 1. The van der Waals surface area contributed by atoms with E-state index in [9.17, 15) is 74.1 Å². The third-order valence-corrected chi connectivity index (χ3v) is 13.3. The number of aliphatic hydroxyl groups is 4. The lowest BCUT2D eigenvalue weighted by Gasteiger charge is -2.41. The molecule has 18 heteroatoms. The van der Waals surface area contributed by atoms with Crippen LogP contribution in [0, 0.1) is 17.3 Å². The number of hydrogen-bond acceptors (Lipinski definition) is 16. The molecule has 4 aliphatic carbocycles. The van der Waals surface area contributed by atoms with Crippen LogP contribution in [-0.2, 0) is 28.8 Å². The normalized spacial score (nSPS) is 23.9. The van der Waals surface area contributed by atoms with Gasteiger partial charge in [-0.1, -0.05) is 58.9 Å². The van der Waals surface area contributed by atoms with Crippen molar-refractivity contribution in [2.45, 2.75) is 97.4 Å². The molecule has 8 atom stereocenters. The first-order valence-electron chi connectivity index (χ1n) is 22.3. The van der Waals surface area contributed by atoms with Gasteiger partial charge >= 0.3 is 5.97 Å². The zero-order valence-corrected chi connectivity index (χ0v) is 40.5. The molecule has 0 heterocycles. The number of aromatic hydroxyl groups is 2. The smallest absolute Gasteiger partial charge is 0.339 e. The standard InChI is InChI=1S/C28H36N2O7.C23H25NO8/c1-13-15-9-8-10-17(32)21(15)25(35)22(27(37)29-12-28(3,4)5)19(13)24(34)16-11-18(33)20(14(2)31)26(36)23(16)30(6)7;1-9-11-6-5-7-13(26)17(11)21(29)18(23(31)32)15(9)20(28)12-8-14(27)16(10(2)25)22(30)19(12)24(3)4/h8-10,13,16,23-24,32,34,36H,11-12H2,1-7H3,(H,29,37);5-7,9,12,19-20,26,28,30H,8H2,1-4H3,(H,31,32)/t13-,16+,23-,24+;9-,12+,19-,20+/m00/s1. The van der Waals surface area contributed by atoms with Gasteiger partial charge in [0.15, 0.2) is 23.1 Å². The molecule has 0 fully saturated rings. The fraction of sp³-hybridized carbons (Fsp3) is 0.451. The second kappa shape index (κ2) is 20.2. The number of carboxylic acid groups (broad SMARTS) is 1. The first-order chi connectivity index (χ1) is 32.0. The van der Waals surface area contributed by atoms with E-state index in [0.717, 1.165) is 6.92 Å². The number of phenolic OH excluding ortho intramolecular Hbond substituents is 2. The van der Waals surface area contributed by atoms with Gasteiger partial charge in [0, 0.05) is 43.1 Å². The fourth-order valence-electron chi connectivity index (χ4n) is 10.2. The van der Waals surface area contributed by atoms with Gasteiger partial charge in [0.25, 0.3) is 5.91 Å². The summed E-state index contributed by atoms with van der Waals surface area (Å²) >= 11 is 0. The van der Waals surface area contributed by atoms with Crippen LogP contribution in [0.15, 0.2) is 81.4 Å². The predicted octanol–water partition coefficient (Wildman–Crippen LogP) is 3.79. The molecule has 2 aromatic carbocycles. The van der Waals surface area contributed by atoms with Crippen molar-refractivity contribution in [3.05, 3.63) is 104 Å². The van der Waals surface area contributed by atoms with E-state index in [1.54, 1.807) is 65.1 Å². The molecule has 0 aliphatic heterocycles. The Labute approximate surface area is 399 Å². The second-order valence-electron chi connectivity index (χ2n) is 19.7. The van der Waals surface area contributed by atoms with E-state index < -0.39 is 112 Å². The second-order valence-corrected chi connectivity index (χ2v) is 19.7. The minimum atomic E-state index is -1.59. The van der Waals surface area contributed by atoms with Crippen LogP contribution in [0.1, 0.15) is 105 Å². The van der Waals surface area contributed by atoms with Crippen molar-refractivity contribution < 1.29 is 74.1 Å². The van der Waals surface area contributed by atoms with Crippen LogP contribution in [-0.4, -0.2) is 151 Å². The zero-order valence-electron chi connectivity index (χ0n) is 40.5. The van der Waals surface area contributed by atoms with E-state index in [1.165, 1.54) is 30.0 Å². The van der Waals surface area contributed by atoms with Crippen LogP contribution < -0.4 is 5.32 Å². The number of rotatable bonds is 11. The van der Waals surface area contributed by atoms with Crippen molar-refractivity contribution in [3.63, 3.8) is 0 Å². The van der Waals surface area contributed by atoms with Crippen molar-refractivity contribution in [1.29, 1.82) is 0 Å². The number of carbonyl (C=O) groups is 8. The minimum absolute atomic E-state index is 0.00246. The molecule has 2 aromatic rings. The van der Waals surface area contributed by atoms with Gasteiger partial charge < -0.3 is 41.1 Å². The van der Waals surface area contributed by atoms with Gasteiger partial charge in [-0.15, -0.1) is 0 Å². The Balaban J connectivity index is 0.000000260. The van der Waals surface area contributed by atoms with Gasteiger partial charge in [-0.2, -0.15) is 0 Å². The lowest BCUT2D eigenvalue weighted by atomic mass is 9.69. The molecule has 0 aromatic heterocycles. The van der Waals surface area contributed by atoms with E-state index in [1.807, 2.05) is 20.8 Å². The number of fused-ring (bicyclic) bond motifs is 2. The number of amides is 1. The number of aliphatic carboxylic acids is 1. The van der Waals surface area contributed by atoms with Gasteiger partial charge in [0.1, 0.15) is 28.6 Å². The highest BCUT2D eigenvalue weighted by atomic mass is 16.4. The molecule has 1 amide bonds. The Kier molecular flexibility index (Phi) is 15.6. The summed E-state index contributed by atoms with van der Waals surface area (Å²) in [5.74, 6) is -11.3. The summed E-state index contributed by atoms with van der Waals surface area (Å²) in [5.41, 5.74) is -1.25. The number of aliphatic hydroxyl groups excluding tert-OH is 4. The van der Waals surface area contributed by atoms with E-state index in [4.69, 9.17) is 0 Å². The molecule has 69 heavy (non-hydrogen) atoms. The SMILES string of the molecule is CC(=O)C1=C(O)[C@@H](N(C)C)[C@H]([C@@H](O)C2=C(C(=O)NCC(C)(C)C)C(=O)c3c(O)cccc3[C@@H]2C)CC1=O.CC(=O)C1=C(O)[C@@H](N(C)C)[C@H]([C@@H](O)C2=C(C(=O)O)C(=O)c3c(O)cccc3[C@@H]2C)CC1=O. The number of ketones is 6. The van der Waals surface area contributed by atoms with Gasteiger partial charge in [0.2, 0.25) is 11.6 Å². The quantitative estimate of drug-likeness (QED) is 0.149. The molecule has 8 N–H and O–H groups in total. The Morgan fingerprint density at radius 2 is 1.00 bits per heavy atom. The van der Waals surface area contributed by atoms with E-state index in [2.05, 4.69) is 5.32 Å². The lowest BCUT2D eigenvalue weighted by molar-refractivity contribution is -0.132. The summed E-state index contributed by atoms with van der Waals surface area (Å²) in [6, 6.07) is 7.06. The van der Waals surface area contributed by atoms with Crippen LogP contribution in [0.3, 0.4) is 0 Å². The zero-order chi connectivity index (χ0) is 52.0. The Morgan fingerprint density at radius 1 is 0.638 bits per heavy atom. The summed E-state index contributed by atoms with van der Waals surface area (Å²) in [4.78, 5) is 105. The number of nitrogens with zero attached hydrogens (tertiary/aromatic N) is 2. The maximum Gasteiger partial charge on any atom is 0.339 e. The Hall–Kier alpha value is -6.60. The van der Waals surface area contributed by atoms with Crippen molar-refractivity contribution in [1.82, 2.24) is 15.1 Å². The van der Waals surface area contributed by atoms with E-state index >= 15 is 0 Å². The molecular weight excluding hydrogens is 895 g/mol. The van der Waals surface area contributed by atoms with Crippen LogP contribution in [0.4, 0.5) is 0 Å². The first-order valence-corrected chi connectivity index (χ1v) is 22.3. The summed E-state index contributed by atoms with van der Waals surface area (Å²) in [6.45, 7) is 11.7. The number of nitrogens with one attached hydrogen (secondary N) is 1. The number of phenols is 2. The van der Waals surface area contributed by atoms with Gasteiger partial charge in [-0.3, -0.25) is 43.4 Å².